The van der Waals surface area contributed by atoms with Crippen molar-refractivity contribution in [1.29, 1.82) is 0 Å². The number of nitrogens with one attached hydrogen (secondary N) is 1. The van der Waals surface area contributed by atoms with E-state index >= 15 is 0 Å². The first kappa shape index (κ1) is 27.4. The molecule has 7 nitrogen and oxygen atoms in total. The number of pyridine rings is 1. The summed E-state index contributed by atoms with van der Waals surface area (Å²) in [5, 5.41) is 3.15. The highest BCUT2D eigenvalue weighted by Gasteiger charge is 2.16. The van der Waals surface area contributed by atoms with E-state index < -0.39 is 11.7 Å². The highest BCUT2D eigenvalue weighted by atomic mass is 32.1. The summed E-state index contributed by atoms with van der Waals surface area (Å²) in [5.41, 5.74) is 8.24. The molecule has 0 saturated heterocycles. The van der Waals surface area contributed by atoms with Crippen LogP contribution in [0.1, 0.15) is 47.3 Å². The molecule has 0 spiro atoms. The van der Waals surface area contributed by atoms with Crippen LogP contribution in [0.3, 0.4) is 0 Å². The average molecular weight is 525 g/mol. The number of aromatic nitrogens is 2. The third-order valence-corrected chi connectivity index (χ3v) is 5.92. The minimum atomic E-state index is -0.753. The number of aryl methyl sites for hydroxylation is 1. The van der Waals surface area contributed by atoms with E-state index in [2.05, 4.69) is 15.3 Å². The number of ether oxygens (including phenoxy) is 1. The number of benzene rings is 1. The van der Waals surface area contributed by atoms with E-state index in [0.29, 0.717) is 16.4 Å². The van der Waals surface area contributed by atoms with Crippen LogP contribution in [0.25, 0.3) is 5.57 Å². The van der Waals surface area contributed by atoms with Crippen molar-refractivity contribution < 1.29 is 23.1 Å². The second kappa shape index (κ2) is 12.2. The molecule has 2 aromatic heterocycles. The van der Waals surface area contributed by atoms with Crippen molar-refractivity contribution in [3.63, 3.8) is 0 Å². The molecular formula is C27H26F2N4O3S. The molecule has 10 heteroatoms. The van der Waals surface area contributed by atoms with Gasteiger partial charge in [0, 0.05) is 11.1 Å². The zero-order valence-corrected chi connectivity index (χ0v) is 21.6. The lowest BCUT2D eigenvalue weighted by Crippen LogP contribution is -2.14. The van der Waals surface area contributed by atoms with Gasteiger partial charge in [-0.1, -0.05) is 23.8 Å². The van der Waals surface area contributed by atoms with E-state index in [1.807, 2.05) is 20.8 Å². The molecule has 2 heterocycles. The van der Waals surface area contributed by atoms with Crippen LogP contribution in [0.15, 0.2) is 66.2 Å². The van der Waals surface area contributed by atoms with E-state index in [1.165, 1.54) is 60.9 Å². The molecule has 0 unspecified atom stereocenters. The Morgan fingerprint density at radius 2 is 1.97 bits per heavy atom. The second-order valence-electron chi connectivity index (χ2n) is 8.26. The van der Waals surface area contributed by atoms with Crippen LogP contribution < -0.4 is 15.8 Å². The zero-order valence-electron chi connectivity index (χ0n) is 20.8. The number of carbonyl (C=O) groups is 2. The fourth-order valence-electron chi connectivity index (χ4n) is 3.31. The topological polar surface area (TPSA) is 107 Å². The molecule has 0 aliphatic carbocycles. The van der Waals surface area contributed by atoms with Crippen molar-refractivity contribution >= 4 is 33.9 Å². The monoisotopic (exact) mass is 524 g/mol. The summed E-state index contributed by atoms with van der Waals surface area (Å²) in [4.78, 5) is 33.5. The Labute approximate surface area is 217 Å². The first-order valence-electron chi connectivity index (χ1n) is 11.2. The molecule has 0 aliphatic rings. The van der Waals surface area contributed by atoms with Gasteiger partial charge in [-0.25, -0.2) is 18.7 Å². The van der Waals surface area contributed by atoms with Crippen LogP contribution in [-0.2, 0) is 11.2 Å². The lowest BCUT2D eigenvalue weighted by atomic mass is 10.1. The number of rotatable bonds is 9. The Morgan fingerprint density at radius 1 is 1.22 bits per heavy atom. The lowest BCUT2D eigenvalue weighted by Gasteiger charge is -2.09. The number of amides is 2. The number of halogens is 2. The minimum Gasteiger partial charge on any atom is -0.435 e. The Kier molecular flexibility index (Phi) is 9.02. The number of hydrogen-bond donors (Lipinski definition) is 2. The van der Waals surface area contributed by atoms with Crippen LogP contribution in [-0.4, -0.2) is 21.8 Å². The summed E-state index contributed by atoms with van der Waals surface area (Å²) in [6.07, 6.45) is 6.03. The lowest BCUT2D eigenvalue weighted by molar-refractivity contribution is -0.115. The zero-order chi connectivity index (χ0) is 27.1. The van der Waals surface area contributed by atoms with Gasteiger partial charge in [0.05, 0.1) is 17.9 Å². The van der Waals surface area contributed by atoms with Gasteiger partial charge >= 0.3 is 0 Å². The standard InChI is InChI=1S/C27H26F2N4O3S/c1-15(2)19(8-5-7-16(3)28)24-17(4)37-27(33-24)32-23(34)14-18-10-11-22(21(29)13-18)36-26-20(25(30)35)9-6-12-31-26/h5-13H,14H2,1-4H3,(H2,30,35)(H,32,33,34)/b8-5-,16-7+. The predicted molar refractivity (Wildman–Crippen MR) is 141 cm³/mol. The maximum Gasteiger partial charge on any atom is 0.254 e. The third-order valence-electron chi connectivity index (χ3n) is 5.03. The molecule has 3 N–H and O–H groups in total. The summed E-state index contributed by atoms with van der Waals surface area (Å²) >= 11 is 1.31. The summed E-state index contributed by atoms with van der Waals surface area (Å²) in [5.74, 6) is -2.44. The van der Waals surface area contributed by atoms with Crippen LogP contribution in [0, 0.1) is 12.7 Å². The van der Waals surface area contributed by atoms with Gasteiger partial charge in [0.2, 0.25) is 11.8 Å². The average Bonchev–Trinajstić information content (AvgIpc) is 3.17. The first-order valence-corrected chi connectivity index (χ1v) is 12.0. The molecule has 1 aromatic carbocycles. The number of allylic oxidation sites excluding steroid dienone is 6. The second-order valence-corrected chi connectivity index (χ2v) is 9.47. The van der Waals surface area contributed by atoms with E-state index in [9.17, 15) is 18.4 Å². The fourth-order valence-corrected chi connectivity index (χ4v) is 4.15. The number of nitrogens with two attached hydrogens (primary N) is 1. The van der Waals surface area contributed by atoms with Crippen molar-refractivity contribution in [3.05, 3.63) is 93.7 Å². The van der Waals surface area contributed by atoms with E-state index in [0.717, 1.165) is 16.0 Å². The number of primary amides is 1. The van der Waals surface area contributed by atoms with Crippen LogP contribution >= 0.6 is 11.3 Å². The quantitative estimate of drug-likeness (QED) is 0.320. The molecule has 2 amide bonds. The Morgan fingerprint density at radius 3 is 2.62 bits per heavy atom. The molecule has 0 atom stereocenters. The SMILES string of the molecule is CC(C)=C(/C=C\C=C(/C)F)c1nc(NC(=O)Cc2ccc(Oc3ncccc3C(N)=O)c(F)c2)sc1C. The molecule has 0 fully saturated rings. The fraction of sp³-hybridized carbons (Fsp3) is 0.185. The molecular weight excluding hydrogens is 498 g/mol. The van der Waals surface area contributed by atoms with Gasteiger partial charge in [-0.15, -0.1) is 11.3 Å². The van der Waals surface area contributed by atoms with Crippen molar-refractivity contribution in [1.82, 2.24) is 9.97 Å². The van der Waals surface area contributed by atoms with Gasteiger partial charge in [-0.2, -0.15) is 0 Å². The molecule has 0 aliphatic heterocycles. The van der Waals surface area contributed by atoms with E-state index in [1.54, 1.807) is 12.2 Å². The molecule has 37 heavy (non-hydrogen) atoms. The largest absolute Gasteiger partial charge is 0.435 e. The number of anilines is 1. The smallest absolute Gasteiger partial charge is 0.254 e. The normalized spacial score (nSPS) is 11.5. The van der Waals surface area contributed by atoms with Crippen molar-refractivity contribution in [2.45, 2.75) is 34.1 Å². The highest BCUT2D eigenvalue weighted by Crippen LogP contribution is 2.31. The molecule has 0 radical (unpaired) electrons. The van der Waals surface area contributed by atoms with Crippen molar-refractivity contribution in [2.75, 3.05) is 5.32 Å². The van der Waals surface area contributed by atoms with E-state index in [4.69, 9.17) is 10.5 Å². The summed E-state index contributed by atoms with van der Waals surface area (Å²) in [6, 6.07) is 7.00. The number of carbonyl (C=O) groups excluding carboxylic acids is 2. The van der Waals surface area contributed by atoms with Gasteiger partial charge in [0.15, 0.2) is 16.7 Å². The Balaban J connectivity index is 1.71. The van der Waals surface area contributed by atoms with Gasteiger partial charge in [0.1, 0.15) is 5.56 Å². The third kappa shape index (κ3) is 7.40. The summed E-state index contributed by atoms with van der Waals surface area (Å²) in [6.45, 7) is 7.09. The van der Waals surface area contributed by atoms with Gasteiger partial charge in [0.25, 0.3) is 5.91 Å². The van der Waals surface area contributed by atoms with Gasteiger partial charge in [-0.3, -0.25) is 9.59 Å². The Bertz CT molecular complexity index is 1420. The molecule has 3 aromatic rings. The minimum absolute atomic E-state index is 0.0178. The summed E-state index contributed by atoms with van der Waals surface area (Å²) in [7, 11) is 0. The van der Waals surface area contributed by atoms with Gasteiger partial charge in [-0.05, 0) is 69.2 Å². The highest BCUT2D eigenvalue weighted by molar-refractivity contribution is 7.15. The molecule has 0 saturated carbocycles. The molecule has 3 rings (SSSR count). The van der Waals surface area contributed by atoms with Crippen LogP contribution in [0.2, 0.25) is 0 Å². The van der Waals surface area contributed by atoms with Crippen LogP contribution in [0.4, 0.5) is 13.9 Å². The number of nitrogens with zero attached hydrogens (tertiary/aromatic N) is 2. The van der Waals surface area contributed by atoms with Crippen LogP contribution in [0.5, 0.6) is 11.6 Å². The Hall–Kier alpha value is -4.18. The number of thiazole rings is 1. The maximum atomic E-state index is 14.7. The van der Waals surface area contributed by atoms with Crippen molar-refractivity contribution in [2.24, 2.45) is 5.73 Å². The maximum absolute atomic E-state index is 14.7. The summed E-state index contributed by atoms with van der Waals surface area (Å²) < 4.78 is 33.1. The number of hydrogen-bond acceptors (Lipinski definition) is 6. The predicted octanol–water partition coefficient (Wildman–Crippen LogP) is 6.28. The van der Waals surface area contributed by atoms with E-state index in [-0.39, 0.29) is 35.3 Å². The first-order chi connectivity index (χ1) is 17.5. The molecule has 192 valence electrons. The van der Waals surface area contributed by atoms with Crippen molar-refractivity contribution in [3.8, 4) is 11.6 Å². The van der Waals surface area contributed by atoms with Gasteiger partial charge < -0.3 is 15.8 Å². The molecule has 0 bridgehead atoms.